The van der Waals surface area contributed by atoms with E-state index in [1.54, 1.807) is 0 Å². The maximum Gasteiger partial charge on any atom is 0.306 e. The van der Waals surface area contributed by atoms with E-state index in [0.717, 1.165) is 64.2 Å². The zero-order valence-electron chi connectivity index (χ0n) is 37.1. The highest BCUT2D eigenvalue weighted by atomic mass is 16.7. The molecule has 15 nitrogen and oxygen atoms in total. The molecule has 0 aromatic carbocycles. The van der Waals surface area contributed by atoms with Crippen molar-refractivity contribution < 1.29 is 73.8 Å². The summed E-state index contributed by atoms with van der Waals surface area (Å²) in [7, 11) is 0. The van der Waals surface area contributed by atoms with Gasteiger partial charge in [-0.3, -0.25) is 9.59 Å². The summed E-state index contributed by atoms with van der Waals surface area (Å²) < 4.78 is 33.4. The second kappa shape index (κ2) is 34.4. The van der Waals surface area contributed by atoms with Crippen molar-refractivity contribution in [2.75, 3.05) is 26.4 Å². The van der Waals surface area contributed by atoms with Crippen LogP contribution in [-0.2, 0) is 38.0 Å². The molecule has 0 spiro atoms. The van der Waals surface area contributed by atoms with Gasteiger partial charge in [0.25, 0.3) is 0 Å². The Morgan fingerprint density at radius 1 is 0.525 bits per heavy atom. The van der Waals surface area contributed by atoms with Crippen LogP contribution in [0.25, 0.3) is 0 Å². The van der Waals surface area contributed by atoms with Gasteiger partial charge in [0, 0.05) is 12.8 Å². The lowest BCUT2D eigenvalue weighted by atomic mass is 9.98. The van der Waals surface area contributed by atoms with Gasteiger partial charge >= 0.3 is 11.9 Å². The highest BCUT2D eigenvalue weighted by Crippen LogP contribution is 2.26. The molecular formula is C46H82O15. The Balaban J connectivity index is 1.85. The summed E-state index contributed by atoms with van der Waals surface area (Å²) in [6, 6.07) is 0. The van der Waals surface area contributed by atoms with E-state index >= 15 is 0 Å². The quantitative estimate of drug-likeness (QED) is 0.0246. The van der Waals surface area contributed by atoms with Gasteiger partial charge in [-0.25, -0.2) is 0 Å². The van der Waals surface area contributed by atoms with Crippen molar-refractivity contribution in [2.24, 2.45) is 0 Å². The van der Waals surface area contributed by atoms with Crippen LogP contribution in [0.5, 0.6) is 0 Å². The minimum absolute atomic E-state index is 0.151. The highest BCUT2D eigenvalue weighted by molar-refractivity contribution is 5.70. The first-order valence-electron chi connectivity index (χ1n) is 23.4. The Morgan fingerprint density at radius 3 is 1.56 bits per heavy atom. The lowest BCUT2D eigenvalue weighted by Crippen LogP contribution is -2.61. The molecule has 61 heavy (non-hydrogen) atoms. The van der Waals surface area contributed by atoms with Crippen molar-refractivity contribution in [3.05, 3.63) is 24.3 Å². The average molecular weight is 875 g/mol. The van der Waals surface area contributed by atoms with Gasteiger partial charge in [0.15, 0.2) is 18.7 Å². The number of hydrogen-bond donors (Lipinski definition) is 7. The number of carbonyl (C=O) groups is 2. The Bertz CT molecular complexity index is 1170. The fraction of sp³-hybridized carbons (Fsp3) is 0.870. The SMILES string of the molecule is CCCCC/C=C/C/C=C/CCCCCCCC(=O)O[C@H](COC(=O)CCCCCCCCCCCC)CO[C@@H]1O[C@H](CO[C@@H]2O[C@H](CO)[C@H](O)C(O)C2O)[C@H](O)C(O)C1O. The van der Waals surface area contributed by atoms with E-state index in [0.29, 0.717) is 12.8 Å². The van der Waals surface area contributed by atoms with E-state index in [4.69, 9.17) is 28.4 Å². The molecule has 15 heteroatoms. The number of hydrogen-bond acceptors (Lipinski definition) is 15. The van der Waals surface area contributed by atoms with Crippen molar-refractivity contribution >= 4 is 11.9 Å². The van der Waals surface area contributed by atoms with Gasteiger partial charge < -0.3 is 64.2 Å². The summed E-state index contributed by atoms with van der Waals surface area (Å²) in [5, 5.41) is 71.8. The van der Waals surface area contributed by atoms with E-state index in [1.807, 2.05) is 0 Å². The van der Waals surface area contributed by atoms with Crippen LogP contribution in [0, 0.1) is 0 Å². The fourth-order valence-electron chi connectivity index (χ4n) is 7.25. The highest BCUT2D eigenvalue weighted by Gasteiger charge is 2.47. The van der Waals surface area contributed by atoms with Crippen molar-refractivity contribution in [2.45, 2.75) is 229 Å². The Hall–Kier alpha value is -2.02. The third kappa shape index (κ3) is 23.5. The number of carbonyl (C=O) groups excluding carboxylic acids is 2. The standard InChI is InChI=1S/C46H82O15/c1-3-5-7-9-11-13-15-16-17-18-19-21-23-25-27-29-38(49)59-34(31-56-37(48)28-26-24-22-20-14-12-10-8-6-4-2)32-57-45-44(55)42(53)40(51)36(61-45)33-58-46-43(54)41(52)39(50)35(30-47)60-46/h11,13,16-17,34-36,39-47,50-55H,3-10,12,14-15,18-33H2,1-2H3/b13-11+,17-16+/t34-,35-,36-,39+,40+,41?,42?,43?,44?,45-,46-/m1/s1. The average Bonchev–Trinajstić information content (AvgIpc) is 3.25. The number of rotatable bonds is 35. The van der Waals surface area contributed by atoms with E-state index in [-0.39, 0.29) is 26.1 Å². The molecule has 2 aliphatic heterocycles. The third-order valence-corrected chi connectivity index (χ3v) is 11.2. The molecule has 2 aliphatic rings. The first-order valence-corrected chi connectivity index (χ1v) is 23.4. The molecule has 11 atom stereocenters. The van der Waals surface area contributed by atoms with Gasteiger partial charge in [-0.2, -0.15) is 0 Å². The lowest BCUT2D eigenvalue weighted by molar-refractivity contribution is -0.332. The lowest BCUT2D eigenvalue weighted by Gasteiger charge is -2.42. The van der Waals surface area contributed by atoms with Gasteiger partial charge in [-0.1, -0.05) is 128 Å². The smallest absolute Gasteiger partial charge is 0.306 e. The molecule has 0 aliphatic carbocycles. The van der Waals surface area contributed by atoms with Gasteiger partial charge in [0.05, 0.1) is 19.8 Å². The van der Waals surface area contributed by atoms with Crippen LogP contribution in [0.4, 0.5) is 0 Å². The van der Waals surface area contributed by atoms with E-state index in [9.17, 15) is 45.3 Å². The van der Waals surface area contributed by atoms with Crippen LogP contribution >= 0.6 is 0 Å². The number of esters is 2. The second-order valence-corrected chi connectivity index (χ2v) is 16.6. The van der Waals surface area contributed by atoms with Crippen LogP contribution in [0.1, 0.15) is 162 Å². The number of aliphatic hydroxyl groups is 7. The summed E-state index contributed by atoms with van der Waals surface area (Å²) in [6.45, 7) is 2.52. The summed E-state index contributed by atoms with van der Waals surface area (Å²) >= 11 is 0. The first-order chi connectivity index (χ1) is 29.5. The zero-order chi connectivity index (χ0) is 44.7. The van der Waals surface area contributed by atoms with Crippen molar-refractivity contribution in [1.29, 1.82) is 0 Å². The summed E-state index contributed by atoms with van der Waals surface area (Å²) in [6.07, 6.45) is 15.1. The molecule has 0 aromatic rings. The molecule has 0 radical (unpaired) electrons. The van der Waals surface area contributed by atoms with Gasteiger partial charge in [0.2, 0.25) is 0 Å². The summed E-state index contributed by atoms with van der Waals surface area (Å²) in [5.41, 5.74) is 0. The number of aliphatic hydroxyl groups excluding tert-OH is 7. The van der Waals surface area contributed by atoms with Crippen LogP contribution in [0.2, 0.25) is 0 Å². The molecular weight excluding hydrogens is 792 g/mol. The third-order valence-electron chi connectivity index (χ3n) is 11.2. The molecule has 0 aromatic heterocycles. The number of allylic oxidation sites excluding steroid dienone is 4. The second-order valence-electron chi connectivity index (χ2n) is 16.6. The van der Waals surface area contributed by atoms with Crippen molar-refractivity contribution in [3.8, 4) is 0 Å². The van der Waals surface area contributed by atoms with E-state index in [2.05, 4.69) is 38.2 Å². The predicted octanol–water partition coefficient (Wildman–Crippen LogP) is 5.21. The van der Waals surface area contributed by atoms with Gasteiger partial charge in [-0.05, 0) is 44.9 Å². The molecule has 0 amide bonds. The largest absolute Gasteiger partial charge is 0.462 e. The molecule has 0 bridgehead atoms. The maximum atomic E-state index is 12.9. The zero-order valence-corrected chi connectivity index (χ0v) is 37.1. The molecule has 2 saturated heterocycles. The maximum absolute atomic E-state index is 12.9. The molecule has 2 heterocycles. The van der Waals surface area contributed by atoms with Crippen LogP contribution in [0.3, 0.4) is 0 Å². The van der Waals surface area contributed by atoms with Crippen LogP contribution in [0.15, 0.2) is 24.3 Å². The van der Waals surface area contributed by atoms with Crippen LogP contribution < -0.4 is 0 Å². The minimum atomic E-state index is -1.76. The fourth-order valence-corrected chi connectivity index (χ4v) is 7.25. The number of ether oxygens (including phenoxy) is 6. The Labute approximate surface area is 364 Å². The van der Waals surface area contributed by atoms with Crippen molar-refractivity contribution in [1.82, 2.24) is 0 Å². The molecule has 2 rings (SSSR count). The van der Waals surface area contributed by atoms with E-state index in [1.165, 1.54) is 57.8 Å². The minimum Gasteiger partial charge on any atom is -0.462 e. The summed E-state index contributed by atoms with van der Waals surface area (Å²) in [4.78, 5) is 25.6. The van der Waals surface area contributed by atoms with Gasteiger partial charge in [0.1, 0.15) is 55.4 Å². The van der Waals surface area contributed by atoms with E-state index < -0.39 is 92.7 Å². The Kier molecular flexibility index (Phi) is 31.1. The molecule has 356 valence electrons. The molecule has 7 N–H and O–H groups in total. The predicted molar refractivity (Wildman–Crippen MR) is 229 cm³/mol. The number of unbranched alkanes of at least 4 members (excludes halogenated alkanes) is 17. The van der Waals surface area contributed by atoms with Crippen LogP contribution in [-0.4, -0.2) is 142 Å². The first kappa shape index (κ1) is 55.1. The topological polar surface area (TPSA) is 231 Å². The summed E-state index contributed by atoms with van der Waals surface area (Å²) in [5.74, 6) is -0.941. The Morgan fingerprint density at radius 2 is 0.984 bits per heavy atom. The molecule has 2 fully saturated rings. The normalized spacial score (nSPS) is 27.5. The molecule has 0 saturated carbocycles. The monoisotopic (exact) mass is 875 g/mol. The molecule has 4 unspecified atom stereocenters. The van der Waals surface area contributed by atoms with Crippen molar-refractivity contribution in [3.63, 3.8) is 0 Å². The van der Waals surface area contributed by atoms with Gasteiger partial charge in [-0.15, -0.1) is 0 Å².